The Morgan fingerprint density at radius 2 is 2.00 bits per heavy atom. The Kier molecular flexibility index (Phi) is 5.82. The highest BCUT2D eigenvalue weighted by Crippen LogP contribution is 2.19. The highest BCUT2D eigenvalue weighted by Gasteiger charge is 2.16. The van der Waals surface area contributed by atoms with Crippen LogP contribution in [-0.2, 0) is 11.3 Å². The summed E-state index contributed by atoms with van der Waals surface area (Å²) in [7, 11) is 1.62. The Labute approximate surface area is 137 Å². The minimum absolute atomic E-state index is 0.162. The van der Waals surface area contributed by atoms with E-state index in [2.05, 4.69) is 5.32 Å². The van der Waals surface area contributed by atoms with Gasteiger partial charge in [0.1, 0.15) is 11.5 Å². The lowest BCUT2D eigenvalue weighted by Crippen LogP contribution is -2.37. The molecule has 0 saturated carbocycles. The van der Waals surface area contributed by atoms with Crippen LogP contribution in [0.15, 0.2) is 34.7 Å². The number of hydrogen-bond donors (Lipinski definition) is 1. The lowest BCUT2D eigenvalue weighted by molar-refractivity contribution is 0.149. The summed E-state index contributed by atoms with van der Waals surface area (Å²) in [5.41, 5.74) is 3.04. The summed E-state index contributed by atoms with van der Waals surface area (Å²) in [6, 6.07) is 9.50. The molecule has 0 fully saturated rings. The summed E-state index contributed by atoms with van der Waals surface area (Å²) in [6.07, 6.45) is 0. The molecule has 1 heterocycles. The molecule has 2 amide bonds. The average Bonchev–Trinajstić information content (AvgIpc) is 2.93. The minimum Gasteiger partial charge on any atom is -0.464 e. The predicted molar refractivity (Wildman–Crippen MR) is 90.7 cm³/mol. The van der Waals surface area contributed by atoms with E-state index in [1.54, 1.807) is 12.0 Å². The summed E-state index contributed by atoms with van der Waals surface area (Å²) in [4.78, 5) is 14.3. The van der Waals surface area contributed by atoms with Crippen LogP contribution in [-0.4, -0.2) is 31.2 Å². The maximum absolute atomic E-state index is 12.6. The van der Waals surface area contributed by atoms with E-state index in [1.165, 1.54) is 0 Å². The van der Waals surface area contributed by atoms with Crippen molar-refractivity contribution in [3.63, 3.8) is 0 Å². The average molecular weight is 316 g/mol. The van der Waals surface area contributed by atoms with Crippen molar-refractivity contribution in [2.75, 3.05) is 25.6 Å². The zero-order chi connectivity index (χ0) is 16.8. The monoisotopic (exact) mass is 316 g/mol. The van der Waals surface area contributed by atoms with Crippen molar-refractivity contribution >= 4 is 11.7 Å². The second kappa shape index (κ2) is 7.83. The summed E-state index contributed by atoms with van der Waals surface area (Å²) >= 11 is 0. The van der Waals surface area contributed by atoms with Gasteiger partial charge in [-0.25, -0.2) is 4.79 Å². The molecule has 0 spiro atoms. The number of hydrogen-bond acceptors (Lipinski definition) is 3. The van der Waals surface area contributed by atoms with Gasteiger partial charge >= 0.3 is 6.03 Å². The van der Waals surface area contributed by atoms with Crippen molar-refractivity contribution in [3.8, 4) is 0 Å². The fraction of sp³-hybridized carbons (Fsp3) is 0.389. The largest absolute Gasteiger partial charge is 0.464 e. The van der Waals surface area contributed by atoms with Gasteiger partial charge in [-0.3, -0.25) is 0 Å². The number of urea groups is 1. The normalized spacial score (nSPS) is 10.6. The van der Waals surface area contributed by atoms with Gasteiger partial charge in [-0.15, -0.1) is 0 Å². The molecule has 0 aliphatic heterocycles. The van der Waals surface area contributed by atoms with Crippen LogP contribution in [0.1, 0.15) is 22.6 Å². The smallest absolute Gasteiger partial charge is 0.322 e. The highest BCUT2D eigenvalue weighted by molar-refractivity contribution is 5.90. The Morgan fingerprint density at radius 1 is 1.22 bits per heavy atom. The molecule has 0 atom stereocenters. The van der Waals surface area contributed by atoms with Crippen LogP contribution in [0.5, 0.6) is 0 Å². The molecule has 0 saturated heterocycles. The van der Waals surface area contributed by atoms with Crippen LogP contribution in [0.3, 0.4) is 0 Å². The number of benzene rings is 1. The molecule has 0 aliphatic carbocycles. The van der Waals surface area contributed by atoms with Crippen LogP contribution >= 0.6 is 0 Å². The third-order valence-electron chi connectivity index (χ3n) is 3.84. The molecule has 0 aliphatic rings. The minimum atomic E-state index is -0.162. The zero-order valence-electron chi connectivity index (χ0n) is 14.2. The Hall–Kier alpha value is -2.27. The number of ether oxygens (including phenoxy) is 1. The van der Waals surface area contributed by atoms with Gasteiger partial charge < -0.3 is 19.4 Å². The molecule has 0 bridgehead atoms. The van der Waals surface area contributed by atoms with E-state index in [9.17, 15) is 4.79 Å². The Morgan fingerprint density at radius 3 is 2.65 bits per heavy atom. The first-order valence-electron chi connectivity index (χ1n) is 7.67. The van der Waals surface area contributed by atoms with Crippen LogP contribution in [0.4, 0.5) is 10.5 Å². The van der Waals surface area contributed by atoms with Crippen molar-refractivity contribution < 1.29 is 13.9 Å². The number of nitrogens with zero attached hydrogens (tertiary/aromatic N) is 1. The second-order valence-corrected chi connectivity index (χ2v) is 5.60. The molecule has 5 heteroatoms. The zero-order valence-corrected chi connectivity index (χ0v) is 14.2. The highest BCUT2D eigenvalue weighted by atomic mass is 16.5. The lowest BCUT2D eigenvalue weighted by atomic mass is 10.1. The fourth-order valence-corrected chi connectivity index (χ4v) is 2.29. The first kappa shape index (κ1) is 17.1. The third-order valence-corrected chi connectivity index (χ3v) is 3.84. The molecular formula is C18H24N2O3. The molecule has 1 aromatic heterocycles. The predicted octanol–water partition coefficient (Wildman–Crippen LogP) is 3.89. The maximum atomic E-state index is 12.6. The number of amides is 2. The number of carbonyl (C=O) groups is 1. The number of carbonyl (C=O) groups excluding carboxylic acids is 1. The van der Waals surface area contributed by atoms with Gasteiger partial charge in [0, 0.05) is 19.3 Å². The molecule has 5 nitrogen and oxygen atoms in total. The summed E-state index contributed by atoms with van der Waals surface area (Å²) in [5, 5.41) is 2.98. The number of furan rings is 1. The van der Waals surface area contributed by atoms with Gasteiger partial charge in [0.05, 0.1) is 13.2 Å². The molecule has 0 radical (unpaired) electrons. The Balaban J connectivity index is 2.10. The number of nitrogens with one attached hydrogen (secondary N) is 1. The standard InChI is InChI=1S/C18H24N2O3/c1-13-6-5-7-17(15(13)3)19-18(21)20(10-11-22-4)12-16-9-8-14(2)23-16/h5-9H,10-12H2,1-4H3,(H,19,21). The van der Waals surface area contributed by atoms with E-state index in [0.717, 1.165) is 28.3 Å². The van der Waals surface area contributed by atoms with Gasteiger partial charge in [-0.05, 0) is 50.1 Å². The van der Waals surface area contributed by atoms with Gasteiger partial charge in [-0.2, -0.15) is 0 Å². The summed E-state index contributed by atoms with van der Waals surface area (Å²) in [6.45, 7) is 7.29. The Bertz CT molecular complexity index is 664. The van der Waals surface area contributed by atoms with E-state index in [4.69, 9.17) is 9.15 Å². The van der Waals surface area contributed by atoms with Crippen molar-refractivity contribution in [1.29, 1.82) is 0 Å². The number of rotatable bonds is 6. The van der Waals surface area contributed by atoms with E-state index < -0.39 is 0 Å². The van der Waals surface area contributed by atoms with Crippen LogP contribution < -0.4 is 5.32 Å². The number of methoxy groups -OCH3 is 1. The van der Waals surface area contributed by atoms with Gasteiger partial charge in [-0.1, -0.05) is 12.1 Å². The molecule has 2 rings (SSSR count). The summed E-state index contributed by atoms with van der Waals surface area (Å²) < 4.78 is 10.7. The SMILES string of the molecule is COCCN(Cc1ccc(C)o1)C(=O)Nc1cccc(C)c1C. The van der Waals surface area contributed by atoms with Gasteiger partial charge in [0.15, 0.2) is 0 Å². The van der Waals surface area contributed by atoms with Crippen molar-refractivity contribution in [2.24, 2.45) is 0 Å². The van der Waals surface area contributed by atoms with E-state index >= 15 is 0 Å². The van der Waals surface area contributed by atoms with Crippen LogP contribution in [0.25, 0.3) is 0 Å². The fourth-order valence-electron chi connectivity index (χ4n) is 2.29. The topological polar surface area (TPSA) is 54.7 Å². The molecule has 1 aromatic carbocycles. The van der Waals surface area contributed by atoms with E-state index in [0.29, 0.717) is 19.7 Å². The van der Waals surface area contributed by atoms with Crippen LogP contribution in [0.2, 0.25) is 0 Å². The molecular weight excluding hydrogens is 292 g/mol. The maximum Gasteiger partial charge on any atom is 0.322 e. The van der Waals surface area contributed by atoms with Gasteiger partial charge in [0.2, 0.25) is 0 Å². The molecule has 124 valence electrons. The number of anilines is 1. The van der Waals surface area contributed by atoms with Crippen LogP contribution in [0, 0.1) is 20.8 Å². The third kappa shape index (κ3) is 4.60. The van der Waals surface area contributed by atoms with E-state index in [-0.39, 0.29) is 6.03 Å². The van der Waals surface area contributed by atoms with E-state index in [1.807, 2.05) is 51.1 Å². The molecule has 0 unspecified atom stereocenters. The molecule has 23 heavy (non-hydrogen) atoms. The van der Waals surface area contributed by atoms with Crippen molar-refractivity contribution in [1.82, 2.24) is 4.90 Å². The summed E-state index contributed by atoms with van der Waals surface area (Å²) in [5.74, 6) is 1.59. The quantitative estimate of drug-likeness (QED) is 0.879. The molecule has 2 aromatic rings. The van der Waals surface area contributed by atoms with Crippen molar-refractivity contribution in [3.05, 3.63) is 53.0 Å². The number of aryl methyl sites for hydroxylation is 2. The van der Waals surface area contributed by atoms with Gasteiger partial charge in [0.25, 0.3) is 0 Å². The first-order chi connectivity index (χ1) is 11.0. The van der Waals surface area contributed by atoms with Crippen molar-refractivity contribution in [2.45, 2.75) is 27.3 Å². The second-order valence-electron chi connectivity index (χ2n) is 5.60. The first-order valence-corrected chi connectivity index (χ1v) is 7.67. The lowest BCUT2D eigenvalue weighted by Gasteiger charge is -2.22. The molecule has 1 N–H and O–H groups in total.